The zero-order valence-electron chi connectivity index (χ0n) is 44.7. The van der Waals surface area contributed by atoms with Crippen molar-refractivity contribution >= 4 is 73.3 Å². The molecule has 5 heterocycles. The third-order valence-electron chi connectivity index (χ3n) is 16.3. The Morgan fingerprint density at radius 2 is 1.61 bits per heavy atom. The number of imide groups is 1. The van der Waals surface area contributed by atoms with Gasteiger partial charge in [0.2, 0.25) is 5.91 Å². The number of thiazole rings is 1. The lowest BCUT2D eigenvalue weighted by atomic mass is 9.39. The minimum atomic E-state index is -1.16. The fourth-order valence-corrected chi connectivity index (χ4v) is 14.8. The number of nitrogens with zero attached hydrogens (tertiary/aromatic N) is 6. The van der Waals surface area contributed by atoms with Crippen LogP contribution >= 0.6 is 11.3 Å². The molecule has 7 aromatic rings. The maximum Gasteiger partial charge on any atom is 0.409 e. The number of aromatic carboxylic acids is 1. The summed E-state index contributed by atoms with van der Waals surface area (Å²) in [5.41, 5.74) is 6.69. The van der Waals surface area contributed by atoms with Crippen LogP contribution in [0.4, 0.5) is 9.93 Å². The molecule has 18 nitrogen and oxygen atoms in total. The number of fused-ring (bicyclic) bond motifs is 2. The summed E-state index contributed by atoms with van der Waals surface area (Å²) < 4.78 is 15.7. The van der Waals surface area contributed by atoms with E-state index < -0.39 is 23.9 Å². The van der Waals surface area contributed by atoms with Gasteiger partial charge in [-0.25, -0.2) is 19.6 Å². The number of benzene rings is 3. The van der Waals surface area contributed by atoms with E-state index in [0.717, 1.165) is 107 Å². The van der Waals surface area contributed by atoms with Gasteiger partial charge in [0.25, 0.3) is 17.7 Å². The highest BCUT2D eigenvalue weighted by Crippen LogP contribution is 2.72. The summed E-state index contributed by atoms with van der Waals surface area (Å²) in [5.74, 6) is -2.80. The van der Waals surface area contributed by atoms with Crippen molar-refractivity contribution < 1.29 is 43.3 Å². The van der Waals surface area contributed by atoms with Gasteiger partial charge in [-0.05, 0) is 128 Å². The fraction of sp³-hybridized carbons (Fsp3) is 0.383. The number of pyridine rings is 1. The molecule has 5 aliphatic rings. The van der Waals surface area contributed by atoms with Gasteiger partial charge in [0.05, 0.1) is 39.9 Å². The van der Waals surface area contributed by atoms with Gasteiger partial charge in [-0.15, -0.1) is 0 Å². The number of amides is 5. The average Bonchev–Trinajstić information content (AvgIpc) is 3.46. The van der Waals surface area contributed by atoms with Gasteiger partial charge in [-0.1, -0.05) is 67.6 Å². The van der Waals surface area contributed by atoms with Gasteiger partial charge in [0.15, 0.2) is 10.8 Å². The monoisotopic (exact) mass is 1090 g/mol. The topological polar surface area (TPSA) is 231 Å². The van der Waals surface area contributed by atoms with Crippen LogP contribution in [0.1, 0.15) is 103 Å². The molecule has 4 N–H and O–H groups in total. The number of para-hydroxylation sites is 1. The fourth-order valence-electron chi connectivity index (χ4n) is 13.9. The number of carboxylic acids is 1. The first-order valence-corrected chi connectivity index (χ1v) is 27.6. The zero-order chi connectivity index (χ0) is 55.3. The summed E-state index contributed by atoms with van der Waals surface area (Å²) >= 11 is 1.40. The molecule has 2 atom stereocenters. The number of rotatable bonds is 20. The van der Waals surface area contributed by atoms with E-state index in [1.807, 2.05) is 84.4 Å². The highest BCUT2D eigenvalue weighted by atomic mass is 32.1. The Labute approximate surface area is 460 Å². The number of aryl methyl sites for hydroxylation is 1. The second-order valence-corrected chi connectivity index (χ2v) is 24.0. The molecule has 4 aromatic heterocycles. The van der Waals surface area contributed by atoms with Crippen molar-refractivity contribution in [3.05, 3.63) is 131 Å². The van der Waals surface area contributed by atoms with E-state index in [0.29, 0.717) is 64.7 Å². The van der Waals surface area contributed by atoms with Crippen molar-refractivity contribution in [1.82, 2.24) is 39.8 Å². The third-order valence-corrected chi connectivity index (χ3v) is 17.3. The maximum absolute atomic E-state index is 13.5. The molecule has 4 fully saturated rings. The Balaban J connectivity index is 0.690. The molecule has 5 amide bonds. The zero-order valence-corrected chi connectivity index (χ0v) is 45.5. The van der Waals surface area contributed by atoms with Crippen molar-refractivity contribution in [3.8, 4) is 22.4 Å². The second kappa shape index (κ2) is 21.0. The molecule has 4 bridgehead atoms. The van der Waals surface area contributed by atoms with Crippen LogP contribution in [0.5, 0.6) is 0 Å². The van der Waals surface area contributed by atoms with Crippen LogP contribution in [0.3, 0.4) is 0 Å². The first-order chi connectivity index (χ1) is 37.9. The van der Waals surface area contributed by atoms with Crippen LogP contribution in [0, 0.1) is 23.2 Å². The van der Waals surface area contributed by atoms with Crippen LogP contribution in [0.25, 0.3) is 43.5 Å². The van der Waals surface area contributed by atoms with Gasteiger partial charge < -0.3 is 29.8 Å². The van der Waals surface area contributed by atoms with E-state index >= 15 is 0 Å². The predicted molar refractivity (Wildman–Crippen MR) is 298 cm³/mol. The number of H-pyrrole nitrogens is 1. The molecule has 12 rings (SSSR count). The standard InChI is InChI=1S/C60H63N9O9S/c1-37-43(41-17-19-45(64-52(41)54(74)75)40-16-18-46-42(25-40)44(26-62-46)53(73)66-55-65-47-10-5-6-11-48(47)79-55)27-63-69(37)36-59-31-57(2)30-58(3,32-59)34-60(33-57,35-59)78-24-23-67(4)56(76)77-29-39-14-12-38(13-15-39)9-7-8-22-61-49(70)28-68-50(71)20-21-51(68)72/h5-6,10-21,25-27,62H,7-9,22-24,28-36H2,1-4H3,(H,61,70)(H,74,75)(H,65,66,73). The van der Waals surface area contributed by atoms with Crippen molar-refractivity contribution in [2.75, 3.05) is 38.6 Å². The predicted octanol–water partition coefficient (Wildman–Crippen LogP) is 9.73. The summed E-state index contributed by atoms with van der Waals surface area (Å²) in [6.45, 7) is 8.46. The number of hydrogen-bond acceptors (Lipinski definition) is 12. The summed E-state index contributed by atoms with van der Waals surface area (Å²) in [4.78, 5) is 90.2. The Kier molecular flexibility index (Phi) is 14.1. The molecule has 408 valence electrons. The number of carbonyl (C=O) groups is 6. The van der Waals surface area contributed by atoms with Crippen LogP contribution in [-0.4, -0.2) is 114 Å². The minimum absolute atomic E-state index is 0.0598. The highest BCUT2D eigenvalue weighted by Gasteiger charge is 2.66. The van der Waals surface area contributed by atoms with Gasteiger partial charge in [-0.2, -0.15) is 5.10 Å². The molecule has 0 radical (unpaired) electrons. The number of nitrogens with one attached hydrogen (secondary N) is 3. The molecule has 2 unspecified atom stereocenters. The number of anilines is 1. The van der Waals surface area contributed by atoms with Gasteiger partial charge in [-0.3, -0.25) is 34.1 Å². The van der Waals surface area contributed by atoms with Crippen LogP contribution < -0.4 is 10.6 Å². The normalized spacial score (nSPS) is 22.1. The summed E-state index contributed by atoms with van der Waals surface area (Å²) in [5, 5.41) is 22.4. The van der Waals surface area contributed by atoms with Gasteiger partial charge >= 0.3 is 12.1 Å². The summed E-state index contributed by atoms with van der Waals surface area (Å²) in [7, 11) is 1.73. The molecule has 4 aliphatic carbocycles. The van der Waals surface area contributed by atoms with Crippen LogP contribution in [-0.2, 0) is 43.4 Å². The van der Waals surface area contributed by atoms with Gasteiger partial charge in [0, 0.05) is 78.3 Å². The Bertz CT molecular complexity index is 3530. The smallest absolute Gasteiger partial charge is 0.409 e. The number of hydrogen-bond donors (Lipinski definition) is 4. The van der Waals surface area contributed by atoms with Crippen LogP contribution in [0.15, 0.2) is 103 Å². The van der Waals surface area contributed by atoms with E-state index in [-0.39, 0.29) is 52.5 Å². The van der Waals surface area contributed by atoms with E-state index in [2.05, 4.69) is 34.4 Å². The number of aromatic nitrogens is 5. The largest absolute Gasteiger partial charge is 0.476 e. The molecule has 19 heteroatoms. The lowest BCUT2D eigenvalue weighted by molar-refractivity contribution is -0.248. The number of likely N-dealkylation sites (N-methyl/N-ethyl adjacent to an activating group) is 1. The SMILES string of the molecule is Cc1c(-c2ccc(-c3ccc4[nH]cc(C(=O)Nc5nc6ccccc6s5)c4c3)nc2C(=O)O)cnn1CC12CC3(C)CC(C)(C1)CC(OCCN(C)C(=O)OCc1ccc(CCCCNC(=O)CN4C(=O)C=CC4=O)cc1)(C3)C2. The van der Waals surface area contributed by atoms with E-state index in [9.17, 15) is 33.9 Å². The van der Waals surface area contributed by atoms with Crippen LogP contribution in [0.2, 0.25) is 0 Å². The van der Waals surface area contributed by atoms with Crippen molar-refractivity contribution in [2.45, 2.75) is 97.3 Å². The van der Waals surface area contributed by atoms with Crippen molar-refractivity contribution in [1.29, 1.82) is 0 Å². The van der Waals surface area contributed by atoms with E-state index in [1.54, 1.807) is 30.4 Å². The average molecular weight is 1090 g/mol. The summed E-state index contributed by atoms with van der Waals surface area (Å²) in [6.07, 6.45) is 13.6. The Hall–Kier alpha value is -8.03. The maximum atomic E-state index is 13.5. The molecule has 79 heavy (non-hydrogen) atoms. The number of carboxylic acid groups (broad SMARTS) is 1. The second-order valence-electron chi connectivity index (χ2n) is 23.0. The van der Waals surface area contributed by atoms with Gasteiger partial charge in [0.1, 0.15) is 13.2 Å². The minimum Gasteiger partial charge on any atom is -0.476 e. The number of ether oxygens (including phenoxy) is 2. The molecule has 4 saturated carbocycles. The molecule has 3 aromatic carbocycles. The van der Waals surface area contributed by atoms with E-state index in [1.165, 1.54) is 11.3 Å². The number of carbonyl (C=O) groups excluding carboxylic acids is 5. The molecule has 0 saturated heterocycles. The lowest BCUT2D eigenvalue weighted by Crippen LogP contribution is -2.64. The third kappa shape index (κ3) is 11.1. The van der Waals surface area contributed by atoms with Crippen molar-refractivity contribution in [3.63, 3.8) is 0 Å². The molecular formula is C60H63N9O9S. The van der Waals surface area contributed by atoms with Crippen molar-refractivity contribution in [2.24, 2.45) is 16.2 Å². The molecule has 1 aliphatic heterocycles. The first-order valence-electron chi connectivity index (χ1n) is 26.8. The van der Waals surface area contributed by atoms with E-state index in [4.69, 9.17) is 19.6 Å². The quantitative estimate of drug-likeness (QED) is 0.0413. The Morgan fingerprint density at radius 1 is 0.861 bits per heavy atom. The number of unbranched alkanes of at least 4 members (excludes halogenated alkanes) is 1. The molecule has 0 spiro atoms. The summed E-state index contributed by atoms with van der Waals surface area (Å²) in [6, 6.07) is 24.8. The first kappa shape index (κ1) is 53.0. The molecular weight excluding hydrogens is 1020 g/mol. The number of aromatic amines is 1. The lowest BCUT2D eigenvalue weighted by Gasteiger charge is -2.69. The Morgan fingerprint density at radius 3 is 2.35 bits per heavy atom. The highest BCUT2D eigenvalue weighted by molar-refractivity contribution is 7.22.